The smallest absolute Gasteiger partial charge is 0.412 e. The van der Waals surface area contributed by atoms with E-state index in [9.17, 15) is 22.8 Å². The van der Waals surface area contributed by atoms with Crippen LogP contribution >= 0.6 is 0 Å². The molecule has 0 aliphatic carbocycles. The summed E-state index contributed by atoms with van der Waals surface area (Å²) in [5.41, 5.74) is -3.13. The van der Waals surface area contributed by atoms with Crippen LogP contribution in [0.1, 0.15) is 97.8 Å². The van der Waals surface area contributed by atoms with Crippen molar-refractivity contribution < 1.29 is 37.0 Å². The number of hydrogen-bond donors (Lipinski definition) is 0. The number of carbonyl (C=O) groups excluding carboxylic acids is 2. The molecule has 2 aromatic rings. The topological polar surface area (TPSA) is 95.8 Å². The van der Waals surface area contributed by atoms with E-state index >= 15 is 0 Å². The fraction of sp³-hybridized carbons (Fsp3) is 0.724. The molecule has 1 fully saturated rings. The van der Waals surface area contributed by atoms with Gasteiger partial charge in [0.1, 0.15) is 28.0 Å². The molecular formula is C29H43F3N4O5. The molecule has 3 rings (SSSR count). The molecule has 0 aromatic carbocycles. The molecule has 0 unspecified atom stereocenters. The van der Waals surface area contributed by atoms with Crippen molar-refractivity contribution in [3.8, 4) is 0 Å². The Morgan fingerprint density at radius 1 is 1.17 bits per heavy atom. The van der Waals surface area contributed by atoms with Crippen molar-refractivity contribution in [1.29, 1.82) is 0 Å². The van der Waals surface area contributed by atoms with Gasteiger partial charge in [-0.1, -0.05) is 0 Å². The summed E-state index contributed by atoms with van der Waals surface area (Å²) in [5, 5.41) is 0. The second-order valence-corrected chi connectivity index (χ2v) is 12.9. The van der Waals surface area contributed by atoms with Crippen molar-refractivity contribution in [2.24, 2.45) is 7.05 Å². The molecule has 0 spiro atoms. The average molecular weight is 585 g/mol. The highest BCUT2D eigenvalue weighted by Gasteiger charge is 2.51. The van der Waals surface area contributed by atoms with Crippen molar-refractivity contribution in [2.45, 2.75) is 123 Å². The van der Waals surface area contributed by atoms with Crippen molar-refractivity contribution >= 4 is 23.0 Å². The molecule has 1 amide bonds. The lowest BCUT2D eigenvalue weighted by molar-refractivity contribution is -0.181. The van der Waals surface area contributed by atoms with E-state index in [0.717, 1.165) is 13.8 Å². The zero-order valence-electron chi connectivity index (χ0n) is 25.7. The third-order valence-electron chi connectivity index (χ3n) is 7.25. The van der Waals surface area contributed by atoms with Crippen molar-refractivity contribution in [1.82, 2.24) is 19.4 Å². The lowest BCUT2D eigenvalue weighted by atomic mass is 9.88. The van der Waals surface area contributed by atoms with E-state index in [1.54, 1.807) is 39.5 Å². The Hall–Kier alpha value is -2.73. The number of aromatic nitrogens is 3. The van der Waals surface area contributed by atoms with Crippen LogP contribution in [-0.4, -0.2) is 73.7 Å². The third-order valence-corrected chi connectivity index (χ3v) is 7.25. The average Bonchev–Trinajstić information content (AvgIpc) is 3.32. The standard InChI is InChI=1S/C29H43F3N4O5/c1-17(2)40-22(20-16-39-28(8,9)36(20)25(38)41-26(3,4)5)13-11-12-21(37)19-15-33-18-14-23(35(10)24(18)34-19)27(6,7)29(30,31)32/h14-15,17,20,22H,11-13,16H2,1-10H3/t20-,22+/m0/s1. The first kappa shape index (κ1) is 32.8. The number of aryl methyl sites for hydroxylation is 1. The van der Waals surface area contributed by atoms with Gasteiger partial charge in [0, 0.05) is 19.2 Å². The number of rotatable bonds is 9. The molecule has 2 aromatic heterocycles. The van der Waals surface area contributed by atoms with Gasteiger partial charge in [0.15, 0.2) is 11.4 Å². The highest BCUT2D eigenvalue weighted by atomic mass is 19.4. The van der Waals surface area contributed by atoms with Crippen LogP contribution in [0.2, 0.25) is 0 Å². The van der Waals surface area contributed by atoms with E-state index in [4.69, 9.17) is 14.2 Å². The summed E-state index contributed by atoms with van der Waals surface area (Å²) in [7, 11) is 1.49. The van der Waals surface area contributed by atoms with E-state index in [-0.39, 0.29) is 47.5 Å². The van der Waals surface area contributed by atoms with Crippen LogP contribution in [0.15, 0.2) is 12.3 Å². The van der Waals surface area contributed by atoms with Crippen LogP contribution in [0.3, 0.4) is 0 Å². The Labute approximate surface area is 239 Å². The number of hydrogen-bond acceptors (Lipinski definition) is 7. The number of nitrogens with zero attached hydrogens (tertiary/aromatic N) is 4. The van der Waals surface area contributed by atoms with Gasteiger partial charge in [-0.3, -0.25) is 14.7 Å². The Bertz CT molecular complexity index is 1260. The Balaban J connectivity index is 1.76. The number of carbonyl (C=O) groups is 2. The van der Waals surface area contributed by atoms with Gasteiger partial charge >= 0.3 is 12.3 Å². The summed E-state index contributed by atoms with van der Waals surface area (Å²) in [6, 6.07) is 0.937. The van der Waals surface area contributed by atoms with Crippen LogP contribution in [0, 0.1) is 0 Å². The van der Waals surface area contributed by atoms with Gasteiger partial charge in [-0.25, -0.2) is 9.78 Å². The Morgan fingerprint density at radius 2 is 1.80 bits per heavy atom. The third kappa shape index (κ3) is 7.20. The number of fused-ring (bicyclic) bond motifs is 1. The van der Waals surface area contributed by atoms with E-state index in [1.165, 1.54) is 23.9 Å². The Morgan fingerprint density at radius 3 is 2.37 bits per heavy atom. The van der Waals surface area contributed by atoms with Gasteiger partial charge in [-0.05, 0) is 81.2 Å². The number of amides is 1. The number of Topliss-reactive ketones (excluding diaryl/α,β-unsaturated/α-hetero) is 1. The molecule has 0 saturated carbocycles. The van der Waals surface area contributed by atoms with Gasteiger partial charge in [0.2, 0.25) is 0 Å². The molecule has 230 valence electrons. The molecule has 0 N–H and O–H groups in total. The SMILES string of the molecule is CC(C)O[C@H](CCCC(=O)c1cnc2cc(C(C)(C)C(F)(F)F)n(C)c2n1)[C@@H]1COC(C)(C)N1C(=O)OC(C)(C)C. The number of ether oxygens (including phenoxy) is 3. The van der Waals surface area contributed by atoms with Crippen molar-refractivity contribution in [3.05, 3.63) is 23.7 Å². The summed E-state index contributed by atoms with van der Waals surface area (Å²) >= 11 is 0. The second kappa shape index (κ2) is 11.5. The summed E-state index contributed by atoms with van der Waals surface area (Å²) in [6.07, 6.45) is -3.24. The van der Waals surface area contributed by atoms with Crippen molar-refractivity contribution in [3.63, 3.8) is 0 Å². The molecule has 9 nitrogen and oxygen atoms in total. The summed E-state index contributed by atoms with van der Waals surface area (Å²) in [5.74, 6) is -0.285. The monoisotopic (exact) mass is 584 g/mol. The predicted octanol–water partition coefficient (Wildman–Crippen LogP) is 6.33. The number of alkyl halides is 3. The molecule has 0 bridgehead atoms. The largest absolute Gasteiger partial charge is 0.444 e. The Kier molecular flexibility index (Phi) is 9.20. The second-order valence-electron chi connectivity index (χ2n) is 12.9. The van der Waals surface area contributed by atoms with Gasteiger partial charge in [-0.15, -0.1) is 0 Å². The maximum absolute atomic E-state index is 13.7. The van der Waals surface area contributed by atoms with E-state index in [0.29, 0.717) is 12.8 Å². The highest BCUT2D eigenvalue weighted by molar-refractivity contribution is 5.95. The van der Waals surface area contributed by atoms with Crippen LogP contribution in [-0.2, 0) is 26.7 Å². The van der Waals surface area contributed by atoms with Crippen LogP contribution in [0.25, 0.3) is 11.2 Å². The predicted molar refractivity (Wildman–Crippen MR) is 148 cm³/mol. The lowest BCUT2D eigenvalue weighted by Crippen LogP contribution is -2.54. The molecular weight excluding hydrogens is 541 g/mol. The maximum Gasteiger partial charge on any atom is 0.412 e. The van der Waals surface area contributed by atoms with E-state index in [1.807, 2.05) is 13.8 Å². The fourth-order valence-corrected chi connectivity index (χ4v) is 5.02. The molecule has 12 heteroatoms. The minimum Gasteiger partial charge on any atom is -0.444 e. The van der Waals surface area contributed by atoms with Gasteiger partial charge in [-0.2, -0.15) is 13.2 Å². The van der Waals surface area contributed by atoms with Crippen LogP contribution in [0.4, 0.5) is 18.0 Å². The maximum atomic E-state index is 13.7. The molecule has 1 aliphatic rings. The van der Waals surface area contributed by atoms with Crippen molar-refractivity contribution in [2.75, 3.05) is 6.61 Å². The minimum atomic E-state index is -4.47. The van der Waals surface area contributed by atoms with Gasteiger partial charge in [0.25, 0.3) is 0 Å². The van der Waals surface area contributed by atoms with E-state index < -0.39 is 41.2 Å². The number of ketones is 1. The number of halogens is 3. The zero-order chi connectivity index (χ0) is 31.1. The molecule has 3 heterocycles. The summed E-state index contributed by atoms with van der Waals surface area (Å²) < 4.78 is 60.1. The first-order valence-electron chi connectivity index (χ1n) is 13.9. The van der Waals surface area contributed by atoms with Crippen LogP contribution < -0.4 is 0 Å². The highest BCUT2D eigenvalue weighted by Crippen LogP contribution is 2.41. The molecule has 0 radical (unpaired) electrons. The molecule has 1 aliphatic heterocycles. The lowest BCUT2D eigenvalue weighted by Gasteiger charge is -2.38. The fourth-order valence-electron chi connectivity index (χ4n) is 5.02. The zero-order valence-corrected chi connectivity index (χ0v) is 25.7. The summed E-state index contributed by atoms with van der Waals surface area (Å²) in [6.45, 7) is 15.2. The van der Waals surface area contributed by atoms with Gasteiger partial charge in [0.05, 0.1) is 31.1 Å². The normalized spacial score (nSPS) is 18.8. The summed E-state index contributed by atoms with van der Waals surface area (Å²) in [4.78, 5) is 36.4. The van der Waals surface area contributed by atoms with Gasteiger partial charge < -0.3 is 18.8 Å². The first-order chi connectivity index (χ1) is 18.7. The molecule has 1 saturated heterocycles. The molecule has 41 heavy (non-hydrogen) atoms. The first-order valence-corrected chi connectivity index (χ1v) is 13.9. The molecule has 2 atom stereocenters. The van der Waals surface area contributed by atoms with Crippen LogP contribution in [0.5, 0.6) is 0 Å². The van der Waals surface area contributed by atoms with E-state index in [2.05, 4.69) is 9.97 Å². The quantitative estimate of drug-likeness (QED) is 0.318. The minimum absolute atomic E-state index is 0.00882.